The van der Waals surface area contributed by atoms with Gasteiger partial charge in [-0.25, -0.2) is 4.79 Å². The highest BCUT2D eigenvalue weighted by molar-refractivity contribution is 5.73. The van der Waals surface area contributed by atoms with Crippen LogP contribution in [0.2, 0.25) is 0 Å². The molecule has 0 aliphatic heterocycles. The van der Waals surface area contributed by atoms with Crippen LogP contribution in [0.3, 0.4) is 0 Å². The molecule has 0 saturated heterocycles. The number of amides is 2. The zero-order valence-electron chi connectivity index (χ0n) is 10.2. The van der Waals surface area contributed by atoms with Gasteiger partial charge in [-0.05, 0) is 24.1 Å². The van der Waals surface area contributed by atoms with E-state index < -0.39 is 0 Å². The fraction of sp³-hybridized carbons (Fsp3) is 0.417. The minimum absolute atomic E-state index is 0.213. The Bertz CT molecular complexity index is 355. The van der Waals surface area contributed by atoms with E-state index in [0.717, 1.165) is 17.7 Å². The average molecular weight is 238 g/mol. The normalized spacial score (nSPS) is 9.76. The molecule has 0 radical (unpaired) electrons. The molecule has 0 saturated carbocycles. The number of carbonyl (C=O) groups is 1. The van der Waals surface area contributed by atoms with E-state index >= 15 is 0 Å². The number of rotatable bonds is 6. The monoisotopic (exact) mass is 238 g/mol. The lowest BCUT2D eigenvalue weighted by Gasteiger charge is -2.07. The van der Waals surface area contributed by atoms with Gasteiger partial charge in [0.15, 0.2) is 0 Å². The molecule has 94 valence electrons. The molecule has 0 atom stereocenters. The van der Waals surface area contributed by atoms with Crippen LogP contribution in [0.5, 0.6) is 5.75 Å². The van der Waals surface area contributed by atoms with Gasteiger partial charge in [-0.15, -0.1) is 0 Å². The fourth-order valence-electron chi connectivity index (χ4n) is 1.35. The van der Waals surface area contributed by atoms with E-state index in [2.05, 4.69) is 10.6 Å². The first-order chi connectivity index (χ1) is 8.26. The standard InChI is InChI=1S/C12H18N2O3/c1-16-9-14-12(15)13-7-6-10-4-3-5-11(8-10)17-2/h3-5,8H,6-7,9H2,1-2H3,(H2,13,14,15). The molecule has 17 heavy (non-hydrogen) atoms. The van der Waals surface area contributed by atoms with Gasteiger partial charge < -0.3 is 20.1 Å². The van der Waals surface area contributed by atoms with Gasteiger partial charge in [0.2, 0.25) is 0 Å². The van der Waals surface area contributed by atoms with Crippen molar-refractivity contribution in [2.45, 2.75) is 6.42 Å². The highest BCUT2D eigenvalue weighted by atomic mass is 16.5. The molecule has 5 heteroatoms. The SMILES string of the molecule is COCNC(=O)NCCc1cccc(OC)c1. The molecule has 1 aromatic rings. The zero-order valence-corrected chi connectivity index (χ0v) is 10.2. The largest absolute Gasteiger partial charge is 0.497 e. The van der Waals surface area contributed by atoms with Gasteiger partial charge >= 0.3 is 6.03 Å². The van der Waals surface area contributed by atoms with E-state index in [1.807, 2.05) is 24.3 Å². The van der Waals surface area contributed by atoms with Gasteiger partial charge in [-0.2, -0.15) is 0 Å². The zero-order chi connectivity index (χ0) is 12.5. The fourth-order valence-corrected chi connectivity index (χ4v) is 1.35. The molecule has 0 fully saturated rings. The third-order valence-corrected chi connectivity index (χ3v) is 2.21. The topological polar surface area (TPSA) is 59.6 Å². The maximum atomic E-state index is 11.2. The van der Waals surface area contributed by atoms with E-state index in [1.165, 1.54) is 7.11 Å². The first-order valence-electron chi connectivity index (χ1n) is 5.40. The number of carbonyl (C=O) groups excluding carboxylic acids is 1. The average Bonchev–Trinajstić information content (AvgIpc) is 2.36. The quantitative estimate of drug-likeness (QED) is 0.731. The molecule has 0 unspecified atom stereocenters. The van der Waals surface area contributed by atoms with Gasteiger partial charge in [0.1, 0.15) is 12.5 Å². The third-order valence-electron chi connectivity index (χ3n) is 2.21. The number of methoxy groups -OCH3 is 2. The van der Waals surface area contributed by atoms with Crippen molar-refractivity contribution in [1.82, 2.24) is 10.6 Å². The number of hydrogen-bond donors (Lipinski definition) is 2. The molecule has 0 aromatic heterocycles. The van der Waals surface area contributed by atoms with Gasteiger partial charge in [-0.1, -0.05) is 12.1 Å². The number of benzene rings is 1. The molecule has 5 nitrogen and oxygen atoms in total. The Kier molecular flexibility index (Phi) is 5.88. The summed E-state index contributed by atoms with van der Waals surface area (Å²) in [6.07, 6.45) is 0.762. The summed E-state index contributed by atoms with van der Waals surface area (Å²) in [5.41, 5.74) is 1.12. The van der Waals surface area contributed by atoms with Crippen molar-refractivity contribution in [1.29, 1.82) is 0 Å². The Balaban J connectivity index is 2.28. The van der Waals surface area contributed by atoms with E-state index in [-0.39, 0.29) is 12.8 Å². The summed E-state index contributed by atoms with van der Waals surface area (Å²) >= 11 is 0. The van der Waals surface area contributed by atoms with Crippen LogP contribution in [-0.4, -0.2) is 33.5 Å². The Hall–Kier alpha value is -1.75. The summed E-state index contributed by atoms with van der Waals surface area (Å²) in [6, 6.07) is 7.54. The van der Waals surface area contributed by atoms with Gasteiger partial charge in [0, 0.05) is 13.7 Å². The summed E-state index contributed by atoms with van der Waals surface area (Å²) in [5, 5.41) is 5.28. The lowest BCUT2D eigenvalue weighted by molar-refractivity contribution is 0.172. The first-order valence-corrected chi connectivity index (χ1v) is 5.40. The molecule has 0 aliphatic carbocycles. The van der Waals surface area contributed by atoms with Crippen LogP contribution in [-0.2, 0) is 11.2 Å². The highest BCUT2D eigenvalue weighted by Crippen LogP contribution is 2.12. The maximum Gasteiger partial charge on any atom is 0.316 e. The van der Waals surface area contributed by atoms with Crippen molar-refractivity contribution in [3.8, 4) is 5.75 Å². The van der Waals surface area contributed by atoms with Gasteiger partial charge in [-0.3, -0.25) is 0 Å². The smallest absolute Gasteiger partial charge is 0.316 e. The van der Waals surface area contributed by atoms with Crippen LogP contribution in [0.1, 0.15) is 5.56 Å². The van der Waals surface area contributed by atoms with Crippen LogP contribution in [0, 0.1) is 0 Å². The van der Waals surface area contributed by atoms with Crippen molar-refractivity contribution in [2.75, 3.05) is 27.5 Å². The summed E-state index contributed by atoms with van der Waals surface area (Å²) in [4.78, 5) is 11.2. The molecule has 0 bridgehead atoms. The summed E-state index contributed by atoms with van der Waals surface area (Å²) < 4.78 is 9.84. The van der Waals surface area contributed by atoms with Crippen LogP contribution in [0.4, 0.5) is 4.79 Å². The lowest BCUT2D eigenvalue weighted by Crippen LogP contribution is -2.37. The van der Waals surface area contributed by atoms with E-state index in [4.69, 9.17) is 9.47 Å². The summed E-state index contributed by atoms with van der Waals surface area (Å²) in [6.45, 7) is 0.785. The number of ether oxygens (including phenoxy) is 2. The predicted molar refractivity (Wildman–Crippen MR) is 65.1 cm³/mol. The van der Waals surface area contributed by atoms with Crippen molar-refractivity contribution in [2.24, 2.45) is 0 Å². The van der Waals surface area contributed by atoms with Gasteiger partial charge in [0.05, 0.1) is 7.11 Å². The van der Waals surface area contributed by atoms with Crippen molar-refractivity contribution >= 4 is 6.03 Å². The molecule has 0 aliphatic rings. The Morgan fingerprint density at radius 3 is 2.82 bits per heavy atom. The molecule has 2 amide bonds. The molecule has 2 N–H and O–H groups in total. The van der Waals surface area contributed by atoms with Crippen LogP contribution in [0.25, 0.3) is 0 Å². The van der Waals surface area contributed by atoms with Gasteiger partial charge in [0.25, 0.3) is 0 Å². The number of nitrogens with one attached hydrogen (secondary N) is 2. The maximum absolute atomic E-state index is 11.2. The third kappa shape index (κ3) is 5.21. The Labute approximate surface area is 101 Å². The molecule has 1 aromatic carbocycles. The first kappa shape index (κ1) is 13.3. The molecule has 1 rings (SSSR count). The lowest BCUT2D eigenvalue weighted by atomic mass is 10.1. The van der Waals surface area contributed by atoms with Crippen LogP contribution in [0.15, 0.2) is 24.3 Å². The Morgan fingerprint density at radius 1 is 1.29 bits per heavy atom. The second-order valence-electron chi connectivity index (χ2n) is 3.47. The molecule has 0 spiro atoms. The van der Waals surface area contributed by atoms with Crippen molar-refractivity contribution < 1.29 is 14.3 Å². The van der Waals surface area contributed by atoms with Crippen LogP contribution >= 0.6 is 0 Å². The van der Waals surface area contributed by atoms with E-state index in [0.29, 0.717) is 6.54 Å². The van der Waals surface area contributed by atoms with E-state index in [9.17, 15) is 4.79 Å². The summed E-state index contributed by atoms with van der Waals surface area (Å²) in [7, 11) is 3.16. The van der Waals surface area contributed by atoms with E-state index in [1.54, 1.807) is 7.11 Å². The minimum atomic E-state index is -0.227. The number of urea groups is 1. The van der Waals surface area contributed by atoms with Crippen molar-refractivity contribution in [3.63, 3.8) is 0 Å². The molecule has 0 heterocycles. The Morgan fingerprint density at radius 2 is 2.12 bits per heavy atom. The predicted octanol–water partition coefficient (Wildman–Crippen LogP) is 1.14. The minimum Gasteiger partial charge on any atom is -0.497 e. The molecular weight excluding hydrogens is 220 g/mol. The second-order valence-corrected chi connectivity index (χ2v) is 3.47. The number of hydrogen-bond acceptors (Lipinski definition) is 3. The highest BCUT2D eigenvalue weighted by Gasteiger charge is 1.99. The molecular formula is C12H18N2O3. The summed E-state index contributed by atoms with van der Waals surface area (Å²) in [5.74, 6) is 0.825. The van der Waals surface area contributed by atoms with Crippen LogP contribution < -0.4 is 15.4 Å². The second kappa shape index (κ2) is 7.51. The van der Waals surface area contributed by atoms with Crippen molar-refractivity contribution in [3.05, 3.63) is 29.8 Å².